The van der Waals surface area contributed by atoms with Gasteiger partial charge in [0.15, 0.2) is 5.82 Å². The third-order valence-corrected chi connectivity index (χ3v) is 6.23. The molecule has 0 aromatic carbocycles. The summed E-state index contributed by atoms with van der Waals surface area (Å²) < 4.78 is 46.8. The van der Waals surface area contributed by atoms with Gasteiger partial charge in [-0.05, 0) is 32.4 Å². The number of aromatic nitrogens is 4. The molecule has 1 saturated heterocycles. The van der Waals surface area contributed by atoms with Gasteiger partial charge in [0.2, 0.25) is 11.8 Å². The maximum Gasteiger partial charge on any atom is 0.295 e. The molecule has 2 atom stereocenters. The number of halogens is 3. The van der Waals surface area contributed by atoms with Crippen LogP contribution in [0.15, 0.2) is 30.6 Å². The molecular formula is C24H27F3N6O2. The van der Waals surface area contributed by atoms with E-state index in [9.17, 15) is 18.0 Å². The molecule has 1 fully saturated rings. The molecule has 1 aliphatic rings. The number of methoxy groups -OCH3 is 1. The molecule has 0 spiro atoms. The van der Waals surface area contributed by atoms with Gasteiger partial charge in [0, 0.05) is 55.3 Å². The quantitative estimate of drug-likeness (QED) is 0.539. The van der Waals surface area contributed by atoms with Crippen molar-refractivity contribution in [2.24, 2.45) is 7.05 Å². The smallest absolute Gasteiger partial charge is 0.295 e. The fraction of sp³-hybridized carbons (Fsp3) is 0.417. The molecule has 3 aromatic heterocycles. The van der Waals surface area contributed by atoms with Crippen LogP contribution in [-0.4, -0.2) is 56.6 Å². The summed E-state index contributed by atoms with van der Waals surface area (Å²) in [6.45, 7) is 4.45. The van der Waals surface area contributed by atoms with E-state index >= 15 is 0 Å². The fourth-order valence-corrected chi connectivity index (χ4v) is 4.30. The molecule has 1 N–H and O–H groups in total. The lowest BCUT2D eigenvalue weighted by molar-refractivity contribution is -0.131. The van der Waals surface area contributed by atoms with E-state index in [1.165, 1.54) is 24.8 Å². The monoisotopic (exact) mass is 488 g/mol. The number of nitrogens with zero attached hydrogens (tertiary/aromatic N) is 5. The van der Waals surface area contributed by atoms with Gasteiger partial charge in [0.05, 0.1) is 24.9 Å². The number of carbonyl (C=O) groups is 1. The van der Waals surface area contributed by atoms with Gasteiger partial charge in [-0.15, -0.1) is 0 Å². The van der Waals surface area contributed by atoms with Crippen LogP contribution in [0.1, 0.15) is 42.8 Å². The predicted molar refractivity (Wildman–Crippen MR) is 124 cm³/mol. The third-order valence-electron chi connectivity index (χ3n) is 6.23. The first-order valence-electron chi connectivity index (χ1n) is 11.2. The number of likely N-dealkylation sites (tertiary alicyclic amines) is 1. The minimum absolute atomic E-state index is 0.0268. The van der Waals surface area contributed by atoms with Crippen LogP contribution in [0.2, 0.25) is 0 Å². The first-order valence-corrected chi connectivity index (χ1v) is 11.2. The van der Waals surface area contributed by atoms with Gasteiger partial charge in [-0.25, -0.2) is 28.1 Å². The Morgan fingerprint density at radius 1 is 1.29 bits per heavy atom. The predicted octanol–water partition coefficient (Wildman–Crippen LogP) is 4.09. The number of aryl methyl sites for hydroxylation is 2. The molecule has 0 bridgehead atoms. The first kappa shape index (κ1) is 24.5. The topological polar surface area (TPSA) is 85.2 Å². The molecule has 0 unspecified atom stereocenters. The molecule has 0 saturated carbocycles. The van der Waals surface area contributed by atoms with Crippen LogP contribution < -0.4 is 10.1 Å². The summed E-state index contributed by atoms with van der Waals surface area (Å²) in [5.41, 5.74) is 2.00. The minimum Gasteiger partial charge on any atom is -0.481 e. The van der Waals surface area contributed by atoms with E-state index in [1.807, 2.05) is 0 Å². The van der Waals surface area contributed by atoms with Crippen molar-refractivity contribution in [2.45, 2.75) is 38.7 Å². The third kappa shape index (κ3) is 5.08. The fourth-order valence-electron chi connectivity index (χ4n) is 4.30. The maximum atomic E-state index is 14.3. The first-order chi connectivity index (χ1) is 16.7. The van der Waals surface area contributed by atoms with Gasteiger partial charge in [-0.3, -0.25) is 4.79 Å². The van der Waals surface area contributed by atoms with Crippen LogP contribution in [-0.2, 0) is 11.8 Å². The molecule has 35 heavy (non-hydrogen) atoms. The number of hydrogen-bond acceptors (Lipinski definition) is 6. The van der Waals surface area contributed by atoms with Crippen molar-refractivity contribution < 1.29 is 22.7 Å². The molecule has 0 aliphatic carbocycles. The zero-order valence-corrected chi connectivity index (χ0v) is 19.9. The van der Waals surface area contributed by atoms with Crippen molar-refractivity contribution in [3.05, 3.63) is 53.5 Å². The Kier molecular flexibility index (Phi) is 6.95. The number of imidazole rings is 1. The second-order valence-electron chi connectivity index (χ2n) is 8.61. The van der Waals surface area contributed by atoms with Gasteiger partial charge >= 0.3 is 0 Å². The Balaban J connectivity index is 1.41. The van der Waals surface area contributed by atoms with Crippen LogP contribution in [0.3, 0.4) is 0 Å². The van der Waals surface area contributed by atoms with Crippen molar-refractivity contribution in [1.82, 2.24) is 24.4 Å². The summed E-state index contributed by atoms with van der Waals surface area (Å²) in [5, 5.41) is 3.33. The second-order valence-corrected chi connectivity index (χ2v) is 8.61. The van der Waals surface area contributed by atoms with Gasteiger partial charge < -0.3 is 19.5 Å². The van der Waals surface area contributed by atoms with E-state index in [2.05, 4.69) is 20.3 Å². The normalized spacial score (nSPS) is 16.6. The SMILES string of the molecule is COc1cc([C@@H](C)C(=O)N2CC[C@H](Nc3ccc(-c4cn(C)c(C(F)F)n4)c(C)n3)C2)c(F)cn1. The molecule has 0 radical (unpaired) electrons. The lowest BCUT2D eigenvalue weighted by Gasteiger charge is -2.22. The summed E-state index contributed by atoms with van der Waals surface area (Å²) in [7, 11) is 2.97. The Labute approximate surface area is 201 Å². The second kappa shape index (κ2) is 9.93. The van der Waals surface area contributed by atoms with Crippen molar-refractivity contribution in [1.29, 1.82) is 0 Å². The number of amides is 1. The van der Waals surface area contributed by atoms with E-state index in [0.717, 1.165) is 6.20 Å². The number of anilines is 1. The summed E-state index contributed by atoms with van der Waals surface area (Å²) in [4.78, 5) is 27.1. The maximum absolute atomic E-state index is 14.3. The van der Waals surface area contributed by atoms with Crippen molar-refractivity contribution >= 4 is 11.7 Å². The summed E-state index contributed by atoms with van der Waals surface area (Å²) >= 11 is 0. The standard InChI is InChI=1S/C24H27F3N6O2/c1-13(17-9-21(35-4)28-10-18(17)25)24(34)33-8-7-15(11-33)30-20-6-5-16(14(2)29-20)19-12-32(3)23(31-19)22(26)27/h5-6,9-10,12-13,15,22H,7-8,11H2,1-4H3,(H,29,30)/t13-,15+/m1/s1. The largest absolute Gasteiger partial charge is 0.481 e. The number of ether oxygens (including phenoxy) is 1. The molecule has 11 heteroatoms. The van der Waals surface area contributed by atoms with Crippen LogP contribution in [0.25, 0.3) is 11.3 Å². The van der Waals surface area contributed by atoms with Crippen molar-refractivity contribution in [3.8, 4) is 17.1 Å². The molecule has 1 aliphatic heterocycles. The number of alkyl halides is 2. The molecule has 4 heterocycles. The number of hydrogen-bond donors (Lipinski definition) is 1. The molecule has 186 valence electrons. The molecule has 1 amide bonds. The molecule has 4 rings (SSSR count). The van der Waals surface area contributed by atoms with Crippen LogP contribution in [0.5, 0.6) is 5.88 Å². The zero-order chi connectivity index (χ0) is 25.3. The zero-order valence-electron chi connectivity index (χ0n) is 19.9. The lowest BCUT2D eigenvalue weighted by atomic mass is 10.0. The average Bonchev–Trinajstić information content (AvgIpc) is 3.45. The van der Waals surface area contributed by atoms with Gasteiger partial charge in [0.25, 0.3) is 6.43 Å². The van der Waals surface area contributed by atoms with Crippen LogP contribution in [0.4, 0.5) is 19.0 Å². The molecular weight excluding hydrogens is 461 g/mol. The van der Waals surface area contributed by atoms with Crippen LogP contribution in [0, 0.1) is 12.7 Å². The lowest BCUT2D eigenvalue weighted by Crippen LogP contribution is -2.34. The Hall–Kier alpha value is -3.63. The number of carbonyl (C=O) groups excluding carboxylic acids is 1. The highest BCUT2D eigenvalue weighted by molar-refractivity contribution is 5.83. The van der Waals surface area contributed by atoms with Crippen LogP contribution >= 0.6 is 0 Å². The molecule has 8 nitrogen and oxygen atoms in total. The van der Waals surface area contributed by atoms with Crippen molar-refractivity contribution in [2.75, 3.05) is 25.5 Å². The van der Waals surface area contributed by atoms with Gasteiger partial charge in [-0.2, -0.15) is 0 Å². The van der Waals surface area contributed by atoms with E-state index in [1.54, 1.807) is 37.1 Å². The highest BCUT2D eigenvalue weighted by atomic mass is 19.3. The number of nitrogens with one attached hydrogen (secondary N) is 1. The summed E-state index contributed by atoms with van der Waals surface area (Å²) in [6, 6.07) is 4.98. The Morgan fingerprint density at radius 3 is 2.71 bits per heavy atom. The van der Waals surface area contributed by atoms with E-state index in [0.29, 0.717) is 42.3 Å². The average molecular weight is 489 g/mol. The van der Waals surface area contributed by atoms with Gasteiger partial charge in [-0.1, -0.05) is 0 Å². The number of rotatable bonds is 7. The highest BCUT2D eigenvalue weighted by Crippen LogP contribution is 2.28. The van der Waals surface area contributed by atoms with Crippen molar-refractivity contribution in [3.63, 3.8) is 0 Å². The summed E-state index contributed by atoms with van der Waals surface area (Å²) in [6.07, 6.45) is 0.668. The minimum atomic E-state index is -2.66. The van der Waals surface area contributed by atoms with E-state index in [4.69, 9.17) is 4.74 Å². The highest BCUT2D eigenvalue weighted by Gasteiger charge is 2.31. The Morgan fingerprint density at radius 2 is 2.06 bits per heavy atom. The Bertz CT molecular complexity index is 1230. The van der Waals surface area contributed by atoms with E-state index < -0.39 is 18.2 Å². The number of pyridine rings is 2. The van der Waals surface area contributed by atoms with E-state index in [-0.39, 0.29) is 29.2 Å². The summed E-state index contributed by atoms with van der Waals surface area (Å²) in [5.74, 6) is -0.824. The van der Waals surface area contributed by atoms with Gasteiger partial charge in [0.1, 0.15) is 11.6 Å². The molecule has 3 aromatic rings.